The first kappa shape index (κ1) is 17.0. The summed E-state index contributed by atoms with van der Waals surface area (Å²) in [5, 5.41) is 7.06. The number of rotatable bonds is 8. The Morgan fingerprint density at radius 3 is 2.59 bits per heavy atom. The predicted molar refractivity (Wildman–Crippen MR) is 95.2 cm³/mol. The van der Waals surface area contributed by atoms with Crippen molar-refractivity contribution in [2.45, 2.75) is 13.8 Å². The largest absolute Gasteiger partial charge is 0.394 e. The summed E-state index contributed by atoms with van der Waals surface area (Å²) in [5.41, 5.74) is 1.69. The van der Waals surface area contributed by atoms with E-state index >= 15 is 0 Å². The van der Waals surface area contributed by atoms with E-state index in [1.54, 1.807) is 11.3 Å². The number of hydrogen-bond donors (Lipinski definition) is 0. The Morgan fingerprint density at radius 1 is 1.18 bits per heavy atom. The van der Waals surface area contributed by atoms with Gasteiger partial charge in [0, 0.05) is 12.1 Å². The first-order chi connectivity index (χ1) is 10.8. The Bertz CT molecular complexity index is 594. The van der Waals surface area contributed by atoms with Crippen molar-refractivity contribution in [3.8, 4) is 0 Å². The Morgan fingerprint density at radius 2 is 1.95 bits per heavy atom. The first-order valence-electron chi connectivity index (χ1n) is 7.47. The second kappa shape index (κ2) is 8.93. The molecule has 2 rings (SSSR count). The second-order valence-corrected chi connectivity index (χ2v) is 6.11. The van der Waals surface area contributed by atoms with Crippen LogP contribution in [0.3, 0.4) is 0 Å². The summed E-state index contributed by atoms with van der Waals surface area (Å²) in [6.07, 6.45) is 0. The van der Waals surface area contributed by atoms with Gasteiger partial charge in [-0.05, 0) is 30.6 Å². The van der Waals surface area contributed by atoms with Gasteiger partial charge in [-0.15, -0.1) is 11.3 Å². The molecule has 1 heterocycles. The molecule has 0 spiro atoms. The van der Waals surface area contributed by atoms with Gasteiger partial charge in [0.1, 0.15) is 12.3 Å². The van der Waals surface area contributed by atoms with Gasteiger partial charge in [0.2, 0.25) is 0 Å². The lowest BCUT2D eigenvalue weighted by molar-refractivity contribution is 0.114. The number of oxime groups is 1. The number of halogens is 1. The lowest BCUT2D eigenvalue weighted by Crippen LogP contribution is -2.26. The fraction of sp³-hybridized carbons (Fsp3) is 0.353. The van der Waals surface area contributed by atoms with Crippen LogP contribution < -0.4 is 0 Å². The molecule has 5 heteroatoms. The molecule has 0 unspecified atom stereocenters. The summed E-state index contributed by atoms with van der Waals surface area (Å²) < 4.78 is 0. The van der Waals surface area contributed by atoms with Crippen molar-refractivity contribution in [1.29, 1.82) is 0 Å². The smallest absolute Gasteiger partial charge is 0.129 e. The average molecular weight is 337 g/mol. The van der Waals surface area contributed by atoms with E-state index in [4.69, 9.17) is 16.4 Å². The van der Waals surface area contributed by atoms with Gasteiger partial charge in [0.15, 0.2) is 0 Å². The molecule has 1 aromatic heterocycles. The molecule has 2 aromatic rings. The van der Waals surface area contributed by atoms with Crippen molar-refractivity contribution in [3.63, 3.8) is 0 Å². The third kappa shape index (κ3) is 4.57. The molecule has 22 heavy (non-hydrogen) atoms. The highest BCUT2D eigenvalue weighted by atomic mass is 35.5. The van der Waals surface area contributed by atoms with Gasteiger partial charge in [0.25, 0.3) is 0 Å². The highest BCUT2D eigenvalue weighted by Crippen LogP contribution is 2.22. The third-order valence-corrected chi connectivity index (χ3v) is 4.64. The number of hydrogen-bond acceptors (Lipinski definition) is 4. The lowest BCUT2D eigenvalue weighted by Gasteiger charge is -2.16. The van der Waals surface area contributed by atoms with Crippen LogP contribution in [0.4, 0.5) is 0 Å². The Balaban J connectivity index is 2.13. The van der Waals surface area contributed by atoms with Crippen LogP contribution in [0.2, 0.25) is 5.02 Å². The van der Waals surface area contributed by atoms with Gasteiger partial charge in [-0.3, -0.25) is 0 Å². The molecule has 0 fully saturated rings. The van der Waals surface area contributed by atoms with Crippen molar-refractivity contribution in [3.05, 3.63) is 57.2 Å². The number of nitrogens with zero attached hydrogens (tertiary/aromatic N) is 2. The Hall–Kier alpha value is -1.36. The van der Waals surface area contributed by atoms with E-state index in [-0.39, 0.29) is 0 Å². The van der Waals surface area contributed by atoms with E-state index in [0.29, 0.717) is 11.6 Å². The van der Waals surface area contributed by atoms with E-state index < -0.39 is 0 Å². The summed E-state index contributed by atoms with van der Waals surface area (Å²) in [4.78, 5) is 8.91. The molecular weight excluding hydrogens is 316 g/mol. The normalized spacial score (nSPS) is 11.9. The van der Waals surface area contributed by atoms with Gasteiger partial charge < -0.3 is 9.74 Å². The molecule has 0 radical (unpaired) electrons. The summed E-state index contributed by atoms with van der Waals surface area (Å²) in [7, 11) is 0. The zero-order valence-corrected chi connectivity index (χ0v) is 14.5. The zero-order valence-electron chi connectivity index (χ0n) is 13.0. The minimum absolute atomic E-state index is 0.570. The summed E-state index contributed by atoms with van der Waals surface area (Å²) >= 11 is 7.93. The van der Waals surface area contributed by atoms with Crippen LogP contribution in [-0.4, -0.2) is 36.9 Å². The summed E-state index contributed by atoms with van der Waals surface area (Å²) in [6.45, 7) is 7.77. The van der Waals surface area contributed by atoms with E-state index in [2.05, 4.69) is 23.9 Å². The topological polar surface area (TPSA) is 24.8 Å². The maximum Gasteiger partial charge on any atom is 0.129 e. The molecule has 0 bridgehead atoms. The quantitative estimate of drug-likeness (QED) is 0.402. The Labute approximate surface area is 141 Å². The van der Waals surface area contributed by atoms with Gasteiger partial charge >= 0.3 is 0 Å². The molecule has 1 aromatic carbocycles. The maximum absolute atomic E-state index is 6.30. The highest BCUT2D eigenvalue weighted by molar-refractivity contribution is 7.12. The minimum Gasteiger partial charge on any atom is -0.394 e. The molecular formula is C17H21ClN2OS. The fourth-order valence-electron chi connectivity index (χ4n) is 2.11. The predicted octanol–water partition coefficient (Wildman–Crippen LogP) is 4.51. The SMILES string of the molecule is CCN(CC)CCON=C(c1cccs1)c1ccccc1Cl. The molecule has 3 nitrogen and oxygen atoms in total. The maximum atomic E-state index is 6.30. The number of benzene rings is 1. The molecule has 0 aliphatic rings. The van der Waals surface area contributed by atoms with E-state index in [9.17, 15) is 0 Å². The molecule has 0 amide bonds. The van der Waals surface area contributed by atoms with Gasteiger partial charge in [-0.25, -0.2) is 0 Å². The van der Waals surface area contributed by atoms with Crippen molar-refractivity contribution in [2.24, 2.45) is 5.16 Å². The van der Waals surface area contributed by atoms with E-state index in [1.165, 1.54) is 0 Å². The molecule has 0 aliphatic heterocycles. The van der Waals surface area contributed by atoms with Crippen molar-refractivity contribution in [2.75, 3.05) is 26.2 Å². The first-order valence-corrected chi connectivity index (χ1v) is 8.73. The molecule has 0 atom stereocenters. The van der Waals surface area contributed by atoms with Crippen molar-refractivity contribution in [1.82, 2.24) is 4.90 Å². The fourth-order valence-corrected chi connectivity index (χ4v) is 3.06. The van der Waals surface area contributed by atoms with Crippen LogP contribution in [0.25, 0.3) is 0 Å². The number of likely N-dealkylation sites (N-methyl/N-ethyl adjacent to an activating group) is 1. The van der Waals surface area contributed by atoms with Crippen molar-refractivity contribution < 1.29 is 4.84 Å². The van der Waals surface area contributed by atoms with Crippen LogP contribution in [0.15, 0.2) is 46.9 Å². The highest BCUT2D eigenvalue weighted by Gasteiger charge is 2.12. The third-order valence-electron chi connectivity index (χ3n) is 3.43. The lowest BCUT2D eigenvalue weighted by atomic mass is 10.1. The van der Waals surface area contributed by atoms with Crippen LogP contribution in [0.1, 0.15) is 24.3 Å². The van der Waals surface area contributed by atoms with Crippen molar-refractivity contribution >= 4 is 28.6 Å². The summed E-state index contributed by atoms with van der Waals surface area (Å²) in [5.74, 6) is 0. The van der Waals surface area contributed by atoms with Gasteiger partial charge in [0.05, 0.1) is 9.90 Å². The minimum atomic E-state index is 0.570. The van der Waals surface area contributed by atoms with Crippen LogP contribution in [0, 0.1) is 0 Å². The zero-order chi connectivity index (χ0) is 15.8. The molecule has 118 valence electrons. The molecule has 0 N–H and O–H groups in total. The van der Waals surface area contributed by atoms with E-state index in [1.807, 2.05) is 41.8 Å². The summed E-state index contributed by atoms with van der Waals surface area (Å²) in [6, 6.07) is 11.7. The van der Waals surface area contributed by atoms with E-state index in [0.717, 1.165) is 35.8 Å². The van der Waals surface area contributed by atoms with Crippen LogP contribution >= 0.6 is 22.9 Å². The monoisotopic (exact) mass is 336 g/mol. The van der Waals surface area contributed by atoms with Gasteiger partial charge in [-0.2, -0.15) is 0 Å². The average Bonchev–Trinajstić information content (AvgIpc) is 3.06. The van der Waals surface area contributed by atoms with Crippen LogP contribution in [0.5, 0.6) is 0 Å². The second-order valence-electron chi connectivity index (χ2n) is 4.76. The van der Waals surface area contributed by atoms with Crippen LogP contribution in [-0.2, 0) is 4.84 Å². The number of thiophene rings is 1. The Kier molecular flexibility index (Phi) is 6.90. The molecule has 0 aliphatic carbocycles. The molecule has 0 saturated carbocycles. The standard InChI is InChI=1S/C17H21ClN2OS/c1-3-20(4-2)11-12-21-19-17(16-10-7-13-22-16)14-8-5-6-9-15(14)18/h5-10,13H,3-4,11-12H2,1-2H3. The molecule has 0 saturated heterocycles. The van der Waals surface area contributed by atoms with Gasteiger partial charge in [-0.1, -0.05) is 54.9 Å².